The minimum absolute atomic E-state index is 0.0128. The van der Waals surface area contributed by atoms with Crippen molar-refractivity contribution >= 4 is 17.3 Å². The second kappa shape index (κ2) is 6.70. The number of nitrogens with one attached hydrogen (secondary N) is 1. The molecule has 0 fully saturated rings. The number of benzene rings is 2. The lowest BCUT2D eigenvalue weighted by atomic mass is 10.0. The van der Waals surface area contributed by atoms with E-state index in [4.69, 9.17) is 0 Å². The summed E-state index contributed by atoms with van der Waals surface area (Å²) in [6, 6.07) is 13.8. The third kappa shape index (κ3) is 2.95. The number of hydrogen-bond acceptors (Lipinski definition) is 4. The van der Waals surface area contributed by atoms with Crippen LogP contribution in [-0.4, -0.2) is 22.3 Å². The number of rotatable bonds is 5. The van der Waals surface area contributed by atoms with Crippen molar-refractivity contribution in [2.24, 2.45) is 0 Å². The maximum Gasteiger partial charge on any atom is 0.269 e. The number of amides is 1. The van der Waals surface area contributed by atoms with Gasteiger partial charge in [0.2, 0.25) is 0 Å². The molecule has 1 unspecified atom stereocenters. The first-order valence-corrected chi connectivity index (χ1v) is 8.02. The van der Waals surface area contributed by atoms with E-state index in [-0.39, 0.29) is 17.8 Å². The lowest BCUT2D eigenvalue weighted by molar-refractivity contribution is -0.384. The van der Waals surface area contributed by atoms with Crippen LogP contribution < -0.4 is 5.32 Å². The van der Waals surface area contributed by atoms with Crippen LogP contribution in [0.5, 0.6) is 0 Å². The summed E-state index contributed by atoms with van der Waals surface area (Å²) in [7, 11) is 0. The van der Waals surface area contributed by atoms with Gasteiger partial charge in [-0.2, -0.15) is 0 Å². The van der Waals surface area contributed by atoms with Gasteiger partial charge in [-0.05, 0) is 36.2 Å². The SMILES string of the molecule is CCCCN1C(=O)c2ccccc2NC1c1ccc([N+](=O)[O-])cc1. The van der Waals surface area contributed by atoms with Gasteiger partial charge in [0.1, 0.15) is 6.17 Å². The Morgan fingerprint density at radius 3 is 2.54 bits per heavy atom. The average molecular weight is 325 g/mol. The summed E-state index contributed by atoms with van der Waals surface area (Å²) in [5.74, 6) is -0.0128. The molecule has 0 bridgehead atoms. The van der Waals surface area contributed by atoms with Gasteiger partial charge in [0.05, 0.1) is 10.5 Å². The zero-order valence-corrected chi connectivity index (χ0v) is 13.4. The highest BCUT2D eigenvalue weighted by molar-refractivity contribution is 6.01. The molecule has 1 N–H and O–H groups in total. The molecule has 0 aliphatic carbocycles. The van der Waals surface area contributed by atoms with Crippen molar-refractivity contribution in [3.63, 3.8) is 0 Å². The van der Waals surface area contributed by atoms with E-state index < -0.39 is 4.92 Å². The molecule has 1 aliphatic heterocycles. The van der Waals surface area contributed by atoms with Gasteiger partial charge >= 0.3 is 0 Å². The van der Waals surface area contributed by atoms with Crippen LogP contribution in [0, 0.1) is 10.1 Å². The van der Waals surface area contributed by atoms with Crippen LogP contribution in [0.25, 0.3) is 0 Å². The molecule has 6 nitrogen and oxygen atoms in total. The van der Waals surface area contributed by atoms with Crippen molar-refractivity contribution in [1.82, 2.24) is 4.90 Å². The highest BCUT2D eigenvalue weighted by Gasteiger charge is 2.32. The summed E-state index contributed by atoms with van der Waals surface area (Å²) < 4.78 is 0. The minimum atomic E-state index is -0.423. The first-order chi connectivity index (χ1) is 11.6. The average Bonchev–Trinajstić information content (AvgIpc) is 2.61. The normalized spacial score (nSPS) is 16.5. The van der Waals surface area contributed by atoms with E-state index in [1.807, 2.05) is 24.3 Å². The zero-order chi connectivity index (χ0) is 17.1. The first kappa shape index (κ1) is 16.0. The van der Waals surface area contributed by atoms with Gasteiger partial charge in [-0.25, -0.2) is 0 Å². The predicted molar refractivity (Wildman–Crippen MR) is 91.8 cm³/mol. The fourth-order valence-electron chi connectivity index (χ4n) is 2.89. The van der Waals surface area contributed by atoms with Crippen LogP contribution in [0.3, 0.4) is 0 Å². The van der Waals surface area contributed by atoms with E-state index in [1.54, 1.807) is 17.0 Å². The summed E-state index contributed by atoms with van der Waals surface area (Å²) in [4.78, 5) is 25.1. The Balaban J connectivity index is 1.97. The Morgan fingerprint density at radius 1 is 1.17 bits per heavy atom. The molecule has 0 saturated heterocycles. The van der Waals surface area contributed by atoms with Gasteiger partial charge in [-0.15, -0.1) is 0 Å². The molecule has 124 valence electrons. The summed E-state index contributed by atoms with van der Waals surface area (Å²) >= 11 is 0. The maximum atomic E-state index is 12.9. The van der Waals surface area contributed by atoms with Crippen molar-refractivity contribution in [2.45, 2.75) is 25.9 Å². The summed E-state index contributed by atoms with van der Waals surface area (Å²) in [5.41, 5.74) is 2.33. The topological polar surface area (TPSA) is 75.5 Å². The fraction of sp³-hybridized carbons (Fsp3) is 0.278. The molecule has 0 aromatic heterocycles. The van der Waals surface area contributed by atoms with Gasteiger partial charge in [-0.1, -0.05) is 25.5 Å². The van der Waals surface area contributed by atoms with E-state index in [0.717, 1.165) is 24.1 Å². The molecular formula is C18H19N3O3. The number of para-hydroxylation sites is 1. The third-order valence-corrected chi connectivity index (χ3v) is 4.19. The molecule has 1 aliphatic rings. The number of carbonyl (C=O) groups is 1. The second-order valence-electron chi connectivity index (χ2n) is 5.79. The molecule has 0 spiro atoms. The largest absolute Gasteiger partial charge is 0.361 e. The van der Waals surface area contributed by atoms with Crippen molar-refractivity contribution in [2.75, 3.05) is 11.9 Å². The van der Waals surface area contributed by atoms with E-state index in [2.05, 4.69) is 12.2 Å². The minimum Gasteiger partial charge on any atom is -0.361 e. The van der Waals surface area contributed by atoms with Crippen LogP contribution in [0.4, 0.5) is 11.4 Å². The Hall–Kier alpha value is -2.89. The molecule has 1 amide bonds. The number of anilines is 1. The molecule has 0 radical (unpaired) electrons. The lowest BCUT2D eigenvalue weighted by Gasteiger charge is -2.38. The molecule has 0 saturated carbocycles. The number of nitro groups is 1. The smallest absolute Gasteiger partial charge is 0.269 e. The van der Waals surface area contributed by atoms with Gasteiger partial charge < -0.3 is 10.2 Å². The zero-order valence-electron chi connectivity index (χ0n) is 13.4. The van der Waals surface area contributed by atoms with Gasteiger partial charge in [-0.3, -0.25) is 14.9 Å². The van der Waals surface area contributed by atoms with Crippen LogP contribution in [0.15, 0.2) is 48.5 Å². The Bertz CT molecular complexity index is 758. The maximum absolute atomic E-state index is 12.9. The van der Waals surface area contributed by atoms with Gasteiger partial charge in [0.15, 0.2) is 0 Å². The molecule has 6 heteroatoms. The number of nitro benzene ring substituents is 1. The molecule has 2 aromatic rings. The predicted octanol–water partition coefficient (Wildman–Crippen LogP) is 3.96. The van der Waals surface area contributed by atoms with Crippen LogP contribution in [-0.2, 0) is 0 Å². The standard InChI is InChI=1S/C18H19N3O3/c1-2-3-12-20-17(13-8-10-14(11-9-13)21(23)24)19-16-7-5-4-6-15(16)18(20)22/h4-11,17,19H,2-3,12H2,1H3. The summed E-state index contributed by atoms with van der Waals surface area (Å²) in [6.07, 6.45) is 1.57. The number of carbonyl (C=O) groups excluding carboxylic acids is 1. The highest BCUT2D eigenvalue weighted by atomic mass is 16.6. The number of unbranched alkanes of at least 4 members (excludes halogenated alkanes) is 1. The van der Waals surface area contributed by atoms with Crippen molar-refractivity contribution in [1.29, 1.82) is 0 Å². The molecule has 1 heterocycles. The van der Waals surface area contributed by atoms with Crippen LogP contribution in [0.1, 0.15) is 41.9 Å². The molecular weight excluding hydrogens is 306 g/mol. The quantitative estimate of drug-likeness (QED) is 0.667. The van der Waals surface area contributed by atoms with E-state index in [0.29, 0.717) is 12.1 Å². The Kier molecular flexibility index (Phi) is 4.46. The summed E-state index contributed by atoms with van der Waals surface area (Å²) in [6.45, 7) is 2.72. The molecule has 3 rings (SSSR count). The van der Waals surface area contributed by atoms with E-state index in [9.17, 15) is 14.9 Å². The molecule has 24 heavy (non-hydrogen) atoms. The van der Waals surface area contributed by atoms with E-state index >= 15 is 0 Å². The highest BCUT2D eigenvalue weighted by Crippen LogP contribution is 2.33. The van der Waals surface area contributed by atoms with Gasteiger partial charge in [0, 0.05) is 24.4 Å². The monoisotopic (exact) mass is 325 g/mol. The second-order valence-corrected chi connectivity index (χ2v) is 5.79. The summed E-state index contributed by atoms with van der Waals surface area (Å²) in [5, 5.41) is 14.2. The lowest BCUT2D eigenvalue weighted by Crippen LogP contribution is -2.43. The number of hydrogen-bond donors (Lipinski definition) is 1. The number of nitrogens with zero attached hydrogens (tertiary/aromatic N) is 2. The molecule has 1 atom stereocenters. The third-order valence-electron chi connectivity index (χ3n) is 4.19. The first-order valence-electron chi connectivity index (χ1n) is 8.02. The van der Waals surface area contributed by atoms with Crippen molar-refractivity contribution in [3.05, 3.63) is 69.8 Å². The number of non-ortho nitro benzene ring substituents is 1. The molecule has 2 aromatic carbocycles. The van der Waals surface area contributed by atoms with Gasteiger partial charge in [0.25, 0.3) is 11.6 Å². The Morgan fingerprint density at radius 2 is 1.88 bits per heavy atom. The fourth-order valence-corrected chi connectivity index (χ4v) is 2.89. The Labute approximate surface area is 140 Å². The van der Waals surface area contributed by atoms with Crippen molar-refractivity contribution in [3.8, 4) is 0 Å². The van der Waals surface area contributed by atoms with Crippen LogP contribution in [0.2, 0.25) is 0 Å². The van der Waals surface area contributed by atoms with Crippen molar-refractivity contribution < 1.29 is 9.72 Å². The van der Waals surface area contributed by atoms with Crippen LogP contribution >= 0.6 is 0 Å². The van der Waals surface area contributed by atoms with E-state index in [1.165, 1.54) is 12.1 Å². The number of fused-ring (bicyclic) bond motifs is 1.